The van der Waals surface area contributed by atoms with Gasteiger partial charge in [0.25, 0.3) is 0 Å². The second kappa shape index (κ2) is 6.97. The van der Waals surface area contributed by atoms with Crippen LogP contribution in [0, 0.1) is 17.1 Å². The van der Waals surface area contributed by atoms with Crippen molar-refractivity contribution in [2.24, 2.45) is 0 Å². The van der Waals surface area contributed by atoms with Crippen LogP contribution in [0.2, 0.25) is 0 Å². The fourth-order valence-corrected chi connectivity index (χ4v) is 2.61. The summed E-state index contributed by atoms with van der Waals surface area (Å²) in [5, 5.41) is 9.57. The smallest absolute Gasteiger partial charge is 0.202 e. The molecule has 0 radical (unpaired) electrons. The summed E-state index contributed by atoms with van der Waals surface area (Å²) in [4.78, 5) is 12.5. The Morgan fingerprint density at radius 3 is 2.71 bits per heavy atom. The third-order valence-electron chi connectivity index (χ3n) is 3.75. The van der Waals surface area contributed by atoms with Crippen LogP contribution < -0.4 is 4.74 Å². The number of carbonyl (C=O) groups is 1. The number of carbonyl (C=O) groups excluding carboxylic acids is 1. The monoisotopic (exact) mass is 322 g/mol. The molecule has 3 rings (SSSR count). The Morgan fingerprint density at radius 1 is 1.17 bits per heavy atom. The highest BCUT2D eigenvalue weighted by molar-refractivity contribution is 6.08. The van der Waals surface area contributed by atoms with Gasteiger partial charge in [0.2, 0.25) is 5.78 Å². The van der Waals surface area contributed by atoms with Crippen LogP contribution in [0.4, 0.5) is 4.39 Å². The van der Waals surface area contributed by atoms with Gasteiger partial charge in [-0.25, -0.2) is 4.39 Å². The van der Waals surface area contributed by atoms with E-state index in [9.17, 15) is 9.18 Å². The molecule has 0 aliphatic heterocycles. The molecule has 0 spiro atoms. The Bertz CT molecular complexity index is 925. The molecule has 1 aromatic heterocycles. The van der Waals surface area contributed by atoms with Gasteiger partial charge in [0.05, 0.1) is 12.5 Å². The first-order valence-corrected chi connectivity index (χ1v) is 7.56. The number of nitrogens with zero attached hydrogens (tertiary/aromatic N) is 2. The maximum Gasteiger partial charge on any atom is 0.202 e. The molecule has 3 aromatic rings. The van der Waals surface area contributed by atoms with Crippen molar-refractivity contribution in [2.75, 3.05) is 6.61 Å². The fraction of sp³-hybridized carbons (Fsp3) is 0.158. The SMILES string of the molecule is N#CCCn1cc(C(=O)COc2ccccc2F)c2ccccc21. The molecular weight excluding hydrogens is 307 g/mol. The van der Waals surface area contributed by atoms with Gasteiger partial charge in [-0.2, -0.15) is 5.26 Å². The summed E-state index contributed by atoms with van der Waals surface area (Å²) in [7, 11) is 0. The molecule has 0 unspecified atom stereocenters. The van der Waals surface area contributed by atoms with Crippen molar-refractivity contribution in [3.63, 3.8) is 0 Å². The van der Waals surface area contributed by atoms with Crippen LogP contribution in [-0.2, 0) is 6.54 Å². The quantitative estimate of drug-likeness (QED) is 0.646. The first-order chi connectivity index (χ1) is 11.7. The molecule has 0 N–H and O–H groups in total. The Hall–Kier alpha value is -3.13. The first kappa shape index (κ1) is 15.8. The summed E-state index contributed by atoms with van der Waals surface area (Å²) in [6, 6.07) is 15.6. The summed E-state index contributed by atoms with van der Waals surface area (Å²) in [5.41, 5.74) is 1.40. The Labute approximate surface area is 138 Å². The van der Waals surface area contributed by atoms with Gasteiger partial charge in [-0.1, -0.05) is 30.3 Å². The highest BCUT2D eigenvalue weighted by Gasteiger charge is 2.16. The number of fused-ring (bicyclic) bond motifs is 1. The number of Topliss-reactive ketones (excluding diaryl/α,β-unsaturated/α-hetero) is 1. The zero-order chi connectivity index (χ0) is 16.9. The molecule has 2 aromatic carbocycles. The van der Waals surface area contributed by atoms with E-state index in [0.717, 1.165) is 10.9 Å². The molecule has 120 valence electrons. The van der Waals surface area contributed by atoms with Gasteiger partial charge < -0.3 is 9.30 Å². The Balaban J connectivity index is 1.84. The van der Waals surface area contributed by atoms with Crippen LogP contribution in [0.25, 0.3) is 10.9 Å². The third kappa shape index (κ3) is 3.13. The minimum atomic E-state index is -0.498. The largest absolute Gasteiger partial charge is 0.482 e. The molecule has 0 fully saturated rings. The number of ether oxygens (including phenoxy) is 1. The van der Waals surface area contributed by atoms with E-state index in [4.69, 9.17) is 10.00 Å². The molecule has 0 saturated heterocycles. The molecule has 0 aliphatic carbocycles. The van der Waals surface area contributed by atoms with Gasteiger partial charge in [-0.3, -0.25) is 4.79 Å². The number of para-hydroxylation sites is 2. The highest BCUT2D eigenvalue weighted by atomic mass is 19.1. The second-order valence-corrected chi connectivity index (χ2v) is 5.30. The van der Waals surface area contributed by atoms with Crippen LogP contribution in [-0.4, -0.2) is 17.0 Å². The van der Waals surface area contributed by atoms with E-state index >= 15 is 0 Å². The zero-order valence-electron chi connectivity index (χ0n) is 12.9. The summed E-state index contributed by atoms with van der Waals surface area (Å²) >= 11 is 0. The van der Waals surface area contributed by atoms with Crippen molar-refractivity contribution in [2.45, 2.75) is 13.0 Å². The number of hydrogen-bond donors (Lipinski definition) is 0. The van der Waals surface area contributed by atoms with Crippen LogP contribution in [0.15, 0.2) is 54.7 Å². The number of nitriles is 1. The van der Waals surface area contributed by atoms with Crippen molar-refractivity contribution in [1.82, 2.24) is 4.57 Å². The Morgan fingerprint density at radius 2 is 1.92 bits per heavy atom. The lowest BCUT2D eigenvalue weighted by Gasteiger charge is -2.05. The van der Waals surface area contributed by atoms with Crippen LogP contribution in [0.5, 0.6) is 5.75 Å². The van der Waals surface area contributed by atoms with Gasteiger partial charge in [0, 0.05) is 29.2 Å². The molecular formula is C19H15FN2O2. The zero-order valence-corrected chi connectivity index (χ0v) is 12.9. The van der Waals surface area contributed by atoms with Gasteiger partial charge in [-0.05, 0) is 18.2 Å². The predicted octanol–water partition coefficient (Wildman–Crippen LogP) is 3.96. The number of aryl methyl sites for hydroxylation is 1. The summed E-state index contributed by atoms with van der Waals surface area (Å²) in [6.45, 7) is 0.269. The van der Waals surface area contributed by atoms with Crippen molar-refractivity contribution in [3.05, 3.63) is 66.1 Å². The van der Waals surface area contributed by atoms with Crippen LogP contribution >= 0.6 is 0 Å². The van der Waals surface area contributed by atoms with Gasteiger partial charge in [0.15, 0.2) is 18.2 Å². The maximum atomic E-state index is 13.6. The topological polar surface area (TPSA) is 55.0 Å². The standard InChI is InChI=1S/C19H15FN2O2/c20-16-7-2-4-9-19(16)24-13-18(23)15-12-22(11-5-10-21)17-8-3-1-6-14(15)17/h1-4,6-9,12H,5,11,13H2. The number of benzene rings is 2. The summed E-state index contributed by atoms with van der Waals surface area (Å²) < 4.78 is 20.8. The lowest BCUT2D eigenvalue weighted by atomic mass is 10.1. The fourth-order valence-electron chi connectivity index (χ4n) is 2.61. The number of halogens is 1. The van der Waals surface area contributed by atoms with E-state index in [1.54, 1.807) is 18.3 Å². The molecule has 1 heterocycles. The average Bonchev–Trinajstić information content (AvgIpc) is 2.98. The number of ketones is 1. The van der Waals surface area contributed by atoms with E-state index in [0.29, 0.717) is 18.5 Å². The molecule has 0 saturated carbocycles. The molecule has 24 heavy (non-hydrogen) atoms. The minimum absolute atomic E-state index is 0.0547. The lowest BCUT2D eigenvalue weighted by molar-refractivity contribution is 0.0920. The molecule has 0 atom stereocenters. The van der Waals surface area contributed by atoms with E-state index in [1.165, 1.54) is 12.1 Å². The third-order valence-corrected chi connectivity index (χ3v) is 3.75. The molecule has 0 bridgehead atoms. The summed E-state index contributed by atoms with van der Waals surface area (Å²) in [5.74, 6) is -0.675. The van der Waals surface area contributed by atoms with Crippen LogP contribution in [0.1, 0.15) is 16.8 Å². The lowest BCUT2D eigenvalue weighted by Crippen LogP contribution is -2.12. The van der Waals surface area contributed by atoms with Gasteiger partial charge in [-0.15, -0.1) is 0 Å². The van der Waals surface area contributed by atoms with Gasteiger partial charge in [0.1, 0.15) is 0 Å². The van der Waals surface area contributed by atoms with E-state index in [1.807, 2.05) is 28.8 Å². The van der Waals surface area contributed by atoms with Gasteiger partial charge >= 0.3 is 0 Å². The Kier molecular flexibility index (Phi) is 4.57. The molecule has 4 nitrogen and oxygen atoms in total. The highest BCUT2D eigenvalue weighted by Crippen LogP contribution is 2.23. The van der Waals surface area contributed by atoms with E-state index < -0.39 is 5.82 Å². The van der Waals surface area contributed by atoms with Crippen molar-refractivity contribution in [1.29, 1.82) is 5.26 Å². The minimum Gasteiger partial charge on any atom is -0.482 e. The maximum absolute atomic E-state index is 13.6. The first-order valence-electron chi connectivity index (χ1n) is 7.56. The number of aromatic nitrogens is 1. The molecule has 0 amide bonds. The van der Waals surface area contributed by atoms with E-state index in [2.05, 4.69) is 6.07 Å². The van der Waals surface area contributed by atoms with E-state index in [-0.39, 0.29) is 18.1 Å². The number of rotatable bonds is 6. The van der Waals surface area contributed by atoms with Crippen molar-refractivity contribution in [3.8, 4) is 11.8 Å². The predicted molar refractivity (Wildman–Crippen MR) is 88.4 cm³/mol. The van der Waals surface area contributed by atoms with Crippen molar-refractivity contribution >= 4 is 16.7 Å². The second-order valence-electron chi connectivity index (χ2n) is 5.30. The average molecular weight is 322 g/mol. The molecule has 5 heteroatoms. The number of hydrogen-bond acceptors (Lipinski definition) is 3. The van der Waals surface area contributed by atoms with Crippen LogP contribution in [0.3, 0.4) is 0 Å². The molecule has 0 aliphatic rings. The van der Waals surface area contributed by atoms with Crippen molar-refractivity contribution < 1.29 is 13.9 Å². The normalized spacial score (nSPS) is 10.5. The summed E-state index contributed by atoms with van der Waals surface area (Å²) in [6.07, 6.45) is 2.09.